The van der Waals surface area contributed by atoms with E-state index in [1.807, 2.05) is 0 Å². The largest absolute Gasteiger partial charge is 0.443 e. The standard InChI is InChI=1S/C36H42FN5O10/c1-35(2,3)51-33(47)42(34(48)52-36(4,5)6)29-24-9-7-22(19-21(24)11-12-38-29)39-30(44)27(43)28-32(46)41(15-18-50-28)23-8-10-26(37)25(20-23)31(45)40-13-16-49-17-14-40/h7-12,19-20,27-28,43H,13-18H2,1-6H3,(H,39,44)/t27-,28-/m1/s1. The van der Waals surface area contributed by atoms with Gasteiger partial charge in [0.15, 0.2) is 18.0 Å². The van der Waals surface area contributed by atoms with Gasteiger partial charge in [-0.05, 0) is 89.4 Å². The summed E-state index contributed by atoms with van der Waals surface area (Å²) in [6, 6.07) is 9.77. The molecule has 5 amide bonds. The van der Waals surface area contributed by atoms with Crippen LogP contribution in [0.25, 0.3) is 10.8 Å². The number of pyridine rings is 1. The molecule has 3 aromatic rings. The molecule has 0 saturated carbocycles. The quantitative estimate of drug-likeness (QED) is 0.372. The highest BCUT2D eigenvalue weighted by Gasteiger charge is 2.40. The summed E-state index contributed by atoms with van der Waals surface area (Å²) in [5.41, 5.74) is -1.69. The molecule has 2 N–H and O–H groups in total. The van der Waals surface area contributed by atoms with Crippen LogP contribution in [0.4, 0.5) is 31.2 Å². The van der Waals surface area contributed by atoms with E-state index >= 15 is 0 Å². The van der Waals surface area contributed by atoms with E-state index in [-0.39, 0.29) is 35.9 Å². The Labute approximate surface area is 299 Å². The summed E-state index contributed by atoms with van der Waals surface area (Å²) in [7, 11) is 0. The summed E-state index contributed by atoms with van der Waals surface area (Å²) in [4.78, 5) is 73.9. The van der Waals surface area contributed by atoms with E-state index in [0.29, 0.717) is 42.0 Å². The number of aromatic nitrogens is 1. The molecule has 0 bridgehead atoms. The van der Waals surface area contributed by atoms with Gasteiger partial charge >= 0.3 is 12.2 Å². The Morgan fingerprint density at radius 3 is 2.23 bits per heavy atom. The van der Waals surface area contributed by atoms with Gasteiger partial charge in [0.25, 0.3) is 17.7 Å². The van der Waals surface area contributed by atoms with Gasteiger partial charge in [-0.15, -0.1) is 0 Å². The van der Waals surface area contributed by atoms with Crippen molar-refractivity contribution in [3.8, 4) is 0 Å². The smallest absolute Gasteiger partial charge is 0.425 e. The minimum Gasteiger partial charge on any atom is -0.443 e. The first-order valence-electron chi connectivity index (χ1n) is 16.7. The number of benzene rings is 2. The lowest BCUT2D eigenvalue weighted by Gasteiger charge is -2.34. The highest BCUT2D eigenvalue weighted by molar-refractivity contribution is 6.14. The molecule has 0 aliphatic carbocycles. The maximum Gasteiger partial charge on any atom is 0.425 e. The van der Waals surface area contributed by atoms with E-state index in [1.165, 1.54) is 46.3 Å². The predicted octanol–water partition coefficient (Wildman–Crippen LogP) is 4.25. The van der Waals surface area contributed by atoms with Crippen molar-refractivity contribution < 1.29 is 52.4 Å². The molecule has 16 heteroatoms. The normalized spacial score (nSPS) is 17.4. The van der Waals surface area contributed by atoms with Crippen LogP contribution in [0, 0.1) is 5.82 Å². The monoisotopic (exact) mass is 723 g/mol. The van der Waals surface area contributed by atoms with Gasteiger partial charge in [0.1, 0.15) is 17.0 Å². The minimum absolute atomic E-state index is 0.0329. The molecule has 2 aliphatic rings. The van der Waals surface area contributed by atoms with Crippen molar-refractivity contribution in [3.05, 3.63) is 60.0 Å². The Bertz CT molecular complexity index is 1840. The third-order valence-electron chi connectivity index (χ3n) is 7.84. The fourth-order valence-corrected chi connectivity index (χ4v) is 5.50. The number of aliphatic hydroxyl groups is 1. The number of rotatable bonds is 6. The molecular weight excluding hydrogens is 681 g/mol. The number of hydrogen-bond acceptors (Lipinski definition) is 11. The highest BCUT2D eigenvalue weighted by atomic mass is 19.1. The number of carbonyl (C=O) groups excluding carboxylic acids is 5. The zero-order valence-corrected chi connectivity index (χ0v) is 29.8. The second kappa shape index (κ2) is 15.2. The number of halogens is 1. The lowest BCUT2D eigenvalue weighted by atomic mass is 10.1. The molecule has 278 valence electrons. The number of aliphatic hydroxyl groups excluding tert-OH is 1. The first-order chi connectivity index (χ1) is 24.4. The van der Waals surface area contributed by atoms with Gasteiger partial charge in [-0.2, -0.15) is 4.90 Å². The first-order valence-corrected chi connectivity index (χ1v) is 16.7. The Morgan fingerprint density at radius 2 is 1.60 bits per heavy atom. The zero-order valence-electron chi connectivity index (χ0n) is 29.8. The van der Waals surface area contributed by atoms with Crippen molar-refractivity contribution in [2.45, 2.75) is 65.0 Å². The maximum atomic E-state index is 14.8. The molecule has 15 nitrogen and oxygen atoms in total. The van der Waals surface area contributed by atoms with E-state index in [2.05, 4.69) is 10.3 Å². The molecule has 3 heterocycles. The zero-order chi connectivity index (χ0) is 38.0. The summed E-state index contributed by atoms with van der Waals surface area (Å²) >= 11 is 0. The van der Waals surface area contributed by atoms with Crippen LogP contribution in [0.15, 0.2) is 48.7 Å². The molecule has 2 saturated heterocycles. The third kappa shape index (κ3) is 8.81. The topological polar surface area (TPSA) is 177 Å². The summed E-state index contributed by atoms with van der Waals surface area (Å²) < 4.78 is 36.5. The second-order valence-corrected chi connectivity index (χ2v) is 14.2. The first kappa shape index (κ1) is 38.1. The number of anilines is 3. The summed E-state index contributed by atoms with van der Waals surface area (Å²) in [6.45, 7) is 11.1. The van der Waals surface area contributed by atoms with Crippen LogP contribution in [0.1, 0.15) is 51.9 Å². The van der Waals surface area contributed by atoms with Crippen molar-refractivity contribution in [2.75, 3.05) is 54.6 Å². The Kier molecular flexibility index (Phi) is 11.1. The molecular formula is C36H42FN5O10. The minimum atomic E-state index is -1.95. The number of nitrogens with zero attached hydrogens (tertiary/aromatic N) is 4. The molecule has 2 aliphatic heterocycles. The average Bonchev–Trinajstić information content (AvgIpc) is 3.07. The van der Waals surface area contributed by atoms with Gasteiger partial charge in [-0.1, -0.05) is 0 Å². The summed E-state index contributed by atoms with van der Waals surface area (Å²) in [5.74, 6) is -3.09. The number of nitrogens with one attached hydrogen (secondary N) is 1. The van der Waals surface area contributed by atoms with E-state index in [1.54, 1.807) is 47.6 Å². The Morgan fingerprint density at radius 1 is 0.942 bits per heavy atom. The van der Waals surface area contributed by atoms with E-state index in [0.717, 1.165) is 6.07 Å². The molecule has 2 aromatic carbocycles. The van der Waals surface area contributed by atoms with Gasteiger partial charge in [-0.3, -0.25) is 14.4 Å². The van der Waals surface area contributed by atoms with E-state index < -0.39 is 59.1 Å². The molecule has 0 radical (unpaired) electrons. The summed E-state index contributed by atoms with van der Waals surface area (Å²) in [5, 5.41) is 14.3. The molecule has 5 rings (SSSR count). The SMILES string of the molecule is CC(C)(C)OC(=O)N(C(=O)OC(C)(C)C)c1nccc2cc(NC(=O)[C@H](O)[C@H]3OCCN(c4ccc(F)c(C(=O)N5CCOCC5)c4)C3=O)ccc12. The molecule has 0 spiro atoms. The molecule has 0 unspecified atom stereocenters. The summed E-state index contributed by atoms with van der Waals surface area (Å²) in [6.07, 6.45) is -4.21. The van der Waals surface area contributed by atoms with Gasteiger partial charge in [0, 0.05) is 42.6 Å². The third-order valence-corrected chi connectivity index (χ3v) is 7.84. The van der Waals surface area contributed by atoms with E-state index in [4.69, 9.17) is 18.9 Å². The van der Waals surface area contributed by atoms with Crippen molar-refractivity contribution in [3.63, 3.8) is 0 Å². The number of fused-ring (bicyclic) bond motifs is 1. The number of hydrogen-bond donors (Lipinski definition) is 2. The van der Waals surface area contributed by atoms with Crippen molar-refractivity contribution in [2.24, 2.45) is 0 Å². The highest BCUT2D eigenvalue weighted by Crippen LogP contribution is 2.30. The van der Waals surface area contributed by atoms with Crippen molar-refractivity contribution >= 4 is 57.9 Å². The Hall–Kier alpha value is -5.19. The van der Waals surface area contributed by atoms with Gasteiger partial charge in [0.05, 0.1) is 25.4 Å². The van der Waals surface area contributed by atoms with Crippen LogP contribution in [-0.2, 0) is 28.5 Å². The van der Waals surface area contributed by atoms with Crippen LogP contribution < -0.4 is 15.1 Å². The maximum absolute atomic E-state index is 14.8. The van der Waals surface area contributed by atoms with E-state index in [9.17, 15) is 33.5 Å². The number of imide groups is 1. The Balaban J connectivity index is 1.34. The van der Waals surface area contributed by atoms with Crippen LogP contribution in [0.5, 0.6) is 0 Å². The number of amides is 5. The number of carbonyl (C=O) groups is 5. The predicted molar refractivity (Wildman–Crippen MR) is 187 cm³/mol. The van der Waals surface area contributed by atoms with Gasteiger partial charge < -0.3 is 39.2 Å². The number of morpholine rings is 2. The fraction of sp³-hybridized carbons (Fsp3) is 0.444. The molecule has 2 atom stereocenters. The second-order valence-electron chi connectivity index (χ2n) is 14.2. The van der Waals surface area contributed by atoms with Gasteiger partial charge in [0.2, 0.25) is 0 Å². The lowest BCUT2D eigenvalue weighted by molar-refractivity contribution is -0.150. The van der Waals surface area contributed by atoms with Crippen LogP contribution >= 0.6 is 0 Å². The van der Waals surface area contributed by atoms with Crippen LogP contribution in [0.2, 0.25) is 0 Å². The van der Waals surface area contributed by atoms with Crippen molar-refractivity contribution in [1.82, 2.24) is 9.88 Å². The number of ether oxygens (including phenoxy) is 4. The van der Waals surface area contributed by atoms with Crippen LogP contribution in [0.3, 0.4) is 0 Å². The molecule has 2 fully saturated rings. The fourth-order valence-electron chi connectivity index (χ4n) is 5.50. The molecule has 1 aromatic heterocycles. The lowest BCUT2D eigenvalue weighted by Crippen LogP contribution is -2.55. The van der Waals surface area contributed by atoms with Gasteiger partial charge in [-0.25, -0.2) is 19.0 Å². The van der Waals surface area contributed by atoms with Crippen molar-refractivity contribution in [1.29, 1.82) is 0 Å². The average molecular weight is 724 g/mol. The van der Waals surface area contributed by atoms with Crippen LogP contribution in [-0.4, -0.2) is 108 Å². The molecule has 52 heavy (non-hydrogen) atoms.